The Morgan fingerprint density at radius 2 is 2.07 bits per heavy atom. The molecule has 9 nitrogen and oxygen atoms in total. The Balaban J connectivity index is 0.00000364. The number of aryl methyl sites for hydroxylation is 1. The van der Waals surface area contributed by atoms with E-state index in [4.69, 9.17) is 4.74 Å². The molecule has 2 rings (SSSR count). The van der Waals surface area contributed by atoms with Crippen LogP contribution in [0.5, 0.6) is 0 Å². The van der Waals surface area contributed by atoms with Crippen molar-refractivity contribution in [3.8, 4) is 0 Å². The molecule has 0 radical (unpaired) electrons. The average Bonchev–Trinajstić information content (AvgIpc) is 3.05. The number of hydrogen-bond donors (Lipinski definition) is 2. The van der Waals surface area contributed by atoms with Gasteiger partial charge in [-0.2, -0.15) is 5.10 Å². The molecule has 0 aromatic carbocycles. The van der Waals surface area contributed by atoms with Crippen molar-refractivity contribution in [2.24, 2.45) is 12.0 Å². The van der Waals surface area contributed by atoms with Crippen LogP contribution in [0, 0.1) is 0 Å². The van der Waals surface area contributed by atoms with Crippen LogP contribution in [-0.2, 0) is 23.1 Å². The zero-order valence-electron chi connectivity index (χ0n) is 16.5. The first-order valence-electron chi connectivity index (χ1n) is 9.05. The topological polar surface area (TPSA) is 87.0 Å². The van der Waals surface area contributed by atoms with Crippen molar-refractivity contribution in [3.05, 3.63) is 18.0 Å². The normalized spacial score (nSPS) is 15.1. The lowest BCUT2D eigenvalue weighted by Gasteiger charge is -2.26. The summed E-state index contributed by atoms with van der Waals surface area (Å²) in [7, 11) is 5.38. The number of carbonyl (C=O) groups is 1. The number of carbonyl (C=O) groups excluding carboxylic acids is 1. The van der Waals surface area contributed by atoms with Crippen LogP contribution in [-0.4, -0.2) is 91.5 Å². The van der Waals surface area contributed by atoms with E-state index in [0.29, 0.717) is 12.5 Å². The van der Waals surface area contributed by atoms with Gasteiger partial charge in [-0.3, -0.25) is 14.4 Å². The molecule has 0 aliphatic carbocycles. The number of rotatable bonds is 8. The average molecular weight is 493 g/mol. The molecule has 27 heavy (non-hydrogen) atoms. The highest BCUT2D eigenvalue weighted by Gasteiger charge is 2.10. The van der Waals surface area contributed by atoms with E-state index in [9.17, 15) is 4.79 Å². The lowest BCUT2D eigenvalue weighted by Crippen LogP contribution is -2.44. The van der Waals surface area contributed by atoms with Gasteiger partial charge < -0.3 is 20.3 Å². The number of halogens is 1. The molecule has 1 amide bonds. The standard InChI is InChI=1S/C17H31N7O2.HI/c1-22(2)16(25)14-20-17(19-13-15-5-7-21-23(15)3)18-6-4-8-24-9-11-26-12-10-24;/h5,7H,4,6,8-14H2,1-3H3,(H2,18,19,20);1H. The van der Waals surface area contributed by atoms with E-state index in [1.165, 1.54) is 0 Å². The van der Waals surface area contributed by atoms with Gasteiger partial charge in [0.1, 0.15) is 0 Å². The van der Waals surface area contributed by atoms with Crippen molar-refractivity contribution in [1.29, 1.82) is 0 Å². The second-order valence-corrected chi connectivity index (χ2v) is 6.49. The molecule has 1 aliphatic heterocycles. The van der Waals surface area contributed by atoms with Crippen molar-refractivity contribution < 1.29 is 9.53 Å². The quantitative estimate of drug-likeness (QED) is 0.228. The second kappa shape index (κ2) is 12.9. The maximum Gasteiger partial charge on any atom is 0.241 e. The Hall–Kier alpha value is -1.40. The highest BCUT2D eigenvalue weighted by Crippen LogP contribution is 1.99. The van der Waals surface area contributed by atoms with Gasteiger partial charge in [-0.15, -0.1) is 24.0 Å². The number of nitrogens with one attached hydrogen (secondary N) is 2. The van der Waals surface area contributed by atoms with E-state index in [2.05, 4.69) is 25.6 Å². The molecule has 1 fully saturated rings. The van der Waals surface area contributed by atoms with Crippen LogP contribution in [0.4, 0.5) is 0 Å². The van der Waals surface area contributed by atoms with Gasteiger partial charge in [-0.1, -0.05) is 0 Å². The monoisotopic (exact) mass is 493 g/mol. The molecule has 0 atom stereocenters. The fraction of sp³-hybridized carbons (Fsp3) is 0.706. The molecule has 2 N–H and O–H groups in total. The maximum absolute atomic E-state index is 11.8. The summed E-state index contributed by atoms with van der Waals surface area (Å²) in [6.45, 7) is 6.18. The number of likely N-dealkylation sites (N-methyl/N-ethyl adjacent to an activating group) is 1. The smallest absolute Gasteiger partial charge is 0.241 e. The Bertz CT molecular complexity index is 586. The first-order valence-corrected chi connectivity index (χ1v) is 9.05. The number of morpholine rings is 1. The van der Waals surface area contributed by atoms with Gasteiger partial charge in [0.2, 0.25) is 5.91 Å². The number of aromatic nitrogens is 2. The molecule has 154 valence electrons. The minimum Gasteiger partial charge on any atom is -0.379 e. The van der Waals surface area contributed by atoms with Crippen LogP contribution in [0.25, 0.3) is 0 Å². The molecular formula is C17H32IN7O2. The van der Waals surface area contributed by atoms with E-state index in [-0.39, 0.29) is 36.4 Å². The van der Waals surface area contributed by atoms with Gasteiger partial charge in [-0.25, -0.2) is 4.99 Å². The van der Waals surface area contributed by atoms with E-state index in [0.717, 1.165) is 51.5 Å². The maximum atomic E-state index is 11.8. The van der Waals surface area contributed by atoms with Gasteiger partial charge >= 0.3 is 0 Å². The van der Waals surface area contributed by atoms with Crippen LogP contribution in [0.15, 0.2) is 17.3 Å². The summed E-state index contributed by atoms with van der Waals surface area (Å²) in [5, 5.41) is 10.6. The number of aliphatic imine (C=N–C) groups is 1. The zero-order chi connectivity index (χ0) is 18.8. The highest BCUT2D eigenvalue weighted by atomic mass is 127. The van der Waals surface area contributed by atoms with Crippen LogP contribution in [0.3, 0.4) is 0 Å². The van der Waals surface area contributed by atoms with Crippen LogP contribution in [0.1, 0.15) is 12.1 Å². The molecule has 1 saturated heterocycles. The van der Waals surface area contributed by atoms with Crippen molar-refractivity contribution in [1.82, 2.24) is 30.2 Å². The molecule has 2 heterocycles. The second-order valence-electron chi connectivity index (χ2n) is 6.49. The van der Waals surface area contributed by atoms with Crippen molar-refractivity contribution in [3.63, 3.8) is 0 Å². The number of amides is 1. The number of hydrogen-bond acceptors (Lipinski definition) is 5. The van der Waals surface area contributed by atoms with E-state index in [1.54, 1.807) is 29.9 Å². The third-order valence-electron chi connectivity index (χ3n) is 4.27. The van der Waals surface area contributed by atoms with Crippen LogP contribution < -0.4 is 10.6 Å². The lowest BCUT2D eigenvalue weighted by atomic mass is 10.3. The SMILES string of the molecule is CN(C)C(=O)CNC(=NCc1ccnn1C)NCCCN1CCOCC1.I. The summed E-state index contributed by atoms with van der Waals surface area (Å²) >= 11 is 0. The van der Waals surface area contributed by atoms with Crippen molar-refractivity contribution in [2.75, 3.05) is 60.0 Å². The largest absolute Gasteiger partial charge is 0.379 e. The summed E-state index contributed by atoms with van der Waals surface area (Å²) < 4.78 is 7.16. The Labute approximate surface area is 178 Å². The molecule has 0 bridgehead atoms. The minimum atomic E-state index is 0. The molecule has 1 aliphatic rings. The fourth-order valence-corrected chi connectivity index (χ4v) is 2.54. The molecule has 1 aromatic rings. The summed E-state index contributed by atoms with van der Waals surface area (Å²) in [4.78, 5) is 20.4. The first-order chi connectivity index (χ1) is 12.6. The van der Waals surface area contributed by atoms with Crippen molar-refractivity contribution >= 4 is 35.8 Å². The van der Waals surface area contributed by atoms with Gasteiger partial charge in [0.25, 0.3) is 0 Å². The molecule has 10 heteroatoms. The minimum absolute atomic E-state index is 0. The Morgan fingerprint density at radius 1 is 1.33 bits per heavy atom. The summed E-state index contributed by atoms with van der Waals surface area (Å²) in [6, 6.07) is 1.94. The molecular weight excluding hydrogens is 461 g/mol. The summed E-state index contributed by atoms with van der Waals surface area (Å²) in [6.07, 6.45) is 2.76. The fourth-order valence-electron chi connectivity index (χ4n) is 2.54. The highest BCUT2D eigenvalue weighted by molar-refractivity contribution is 14.0. The Kier molecular flexibility index (Phi) is 11.3. The third-order valence-corrected chi connectivity index (χ3v) is 4.27. The summed E-state index contributed by atoms with van der Waals surface area (Å²) in [5.41, 5.74) is 1.01. The molecule has 0 saturated carbocycles. The van der Waals surface area contributed by atoms with Crippen molar-refractivity contribution in [2.45, 2.75) is 13.0 Å². The van der Waals surface area contributed by atoms with E-state index >= 15 is 0 Å². The molecule has 0 spiro atoms. The lowest BCUT2D eigenvalue weighted by molar-refractivity contribution is -0.127. The number of nitrogens with zero attached hydrogens (tertiary/aromatic N) is 5. The van der Waals surface area contributed by atoms with Gasteiger partial charge in [0, 0.05) is 47.0 Å². The summed E-state index contributed by atoms with van der Waals surface area (Å²) in [5.74, 6) is 0.650. The van der Waals surface area contributed by atoms with E-state index in [1.807, 2.05) is 13.1 Å². The number of ether oxygens (including phenoxy) is 1. The van der Waals surface area contributed by atoms with Gasteiger partial charge in [0.05, 0.1) is 32.0 Å². The van der Waals surface area contributed by atoms with Crippen LogP contribution in [0.2, 0.25) is 0 Å². The Morgan fingerprint density at radius 3 is 2.70 bits per heavy atom. The van der Waals surface area contributed by atoms with Crippen LogP contribution >= 0.6 is 24.0 Å². The number of guanidine groups is 1. The first kappa shape index (κ1) is 23.6. The predicted molar refractivity (Wildman–Crippen MR) is 116 cm³/mol. The van der Waals surface area contributed by atoms with Gasteiger partial charge in [-0.05, 0) is 19.0 Å². The van der Waals surface area contributed by atoms with E-state index < -0.39 is 0 Å². The predicted octanol–water partition coefficient (Wildman–Crippen LogP) is -0.116. The molecule has 1 aromatic heterocycles. The third kappa shape index (κ3) is 8.89. The molecule has 0 unspecified atom stereocenters. The zero-order valence-corrected chi connectivity index (χ0v) is 18.8. The van der Waals surface area contributed by atoms with Gasteiger partial charge in [0.15, 0.2) is 5.96 Å².